The van der Waals surface area contributed by atoms with Crippen molar-refractivity contribution in [3.8, 4) is 5.95 Å². The smallest absolute Gasteiger partial charge is 0.241 e. The normalized spacial score (nSPS) is 14.8. The summed E-state index contributed by atoms with van der Waals surface area (Å²) in [5, 5.41) is 6.57. The van der Waals surface area contributed by atoms with Crippen LogP contribution in [0.15, 0.2) is 18.7 Å². The maximum absolute atomic E-state index is 4.46. The molecule has 1 aliphatic rings. The molecule has 106 valence electrons. The first-order chi connectivity index (χ1) is 9.85. The molecule has 2 N–H and O–H groups in total. The topological polar surface area (TPSA) is 80.5 Å². The van der Waals surface area contributed by atoms with Gasteiger partial charge in [-0.1, -0.05) is 6.92 Å². The van der Waals surface area contributed by atoms with Crippen molar-refractivity contribution in [2.45, 2.75) is 38.6 Å². The predicted molar refractivity (Wildman–Crippen MR) is 77.0 cm³/mol. The van der Waals surface area contributed by atoms with Crippen molar-refractivity contribution in [1.82, 2.24) is 24.5 Å². The highest BCUT2D eigenvalue weighted by Gasteiger charge is 2.19. The number of hydrogen-bond donors (Lipinski definition) is 2. The Labute approximate surface area is 117 Å². The van der Waals surface area contributed by atoms with Crippen molar-refractivity contribution in [2.75, 3.05) is 17.2 Å². The third kappa shape index (κ3) is 2.87. The third-order valence-electron chi connectivity index (χ3n) is 3.33. The van der Waals surface area contributed by atoms with Gasteiger partial charge in [0, 0.05) is 25.0 Å². The van der Waals surface area contributed by atoms with Gasteiger partial charge in [0.25, 0.3) is 0 Å². The summed E-state index contributed by atoms with van der Waals surface area (Å²) in [6.45, 7) is 2.95. The molecule has 1 aliphatic carbocycles. The van der Waals surface area contributed by atoms with Crippen LogP contribution in [0.5, 0.6) is 0 Å². The molecule has 2 aromatic heterocycles. The summed E-state index contributed by atoms with van der Waals surface area (Å²) in [6.07, 6.45) is 9.89. The fourth-order valence-corrected chi connectivity index (χ4v) is 1.97. The van der Waals surface area contributed by atoms with Crippen molar-refractivity contribution >= 4 is 11.9 Å². The molecule has 0 amide bonds. The van der Waals surface area contributed by atoms with Crippen LogP contribution in [-0.2, 0) is 0 Å². The molecule has 0 saturated heterocycles. The highest BCUT2D eigenvalue weighted by atomic mass is 15.3. The zero-order valence-corrected chi connectivity index (χ0v) is 11.6. The van der Waals surface area contributed by atoms with E-state index in [0.717, 1.165) is 13.0 Å². The van der Waals surface area contributed by atoms with Crippen molar-refractivity contribution in [3.63, 3.8) is 0 Å². The van der Waals surface area contributed by atoms with Gasteiger partial charge in [-0.05, 0) is 25.7 Å². The Morgan fingerprint density at radius 1 is 1.25 bits per heavy atom. The molecule has 0 atom stereocenters. The number of rotatable bonds is 6. The van der Waals surface area contributed by atoms with E-state index in [1.807, 2.05) is 6.20 Å². The van der Waals surface area contributed by atoms with E-state index in [4.69, 9.17) is 0 Å². The van der Waals surface area contributed by atoms with Gasteiger partial charge < -0.3 is 10.6 Å². The second-order valence-corrected chi connectivity index (χ2v) is 4.95. The van der Waals surface area contributed by atoms with E-state index >= 15 is 0 Å². The summed E-state index contributed by atoms with van der Waals surface area (Å²) >= 11 is 0. The van der Waals surface area contributed by atoms with Gasteiger partial charge in [0.1, 0.15) is 6.33 Å². The maximum atomic E-state index is 4.46. The zero-order valence-electron chi connectivity index (χ0n) is 11.6. The quantitative estimate of drug-likeness (QED) is 0.836. The molecule has 7 heteroatoms. The second-order valence-electron chi connectivity index (χ2n) is 4.95. The summed E-state index contributed by atoms with van der Waals surface area (Å²) in [5.41, 5.74) is 0. The molecule has 7 nitrogen and oxygen atoms in total. The van der Waals surface area contributed by atoms with E-state index in [0.29, 0.717) is 23.9 Å². The molecule has 2 heterocycles. The Hall–Kier alpha value is -2.18. The average molecular weight is 273 g/mol. The lowest BCUT2D eigenvalue weighted by Crippen LogP contribution is -2.28. The molecule has 3 rings (SSSR count). The maximum Gasteiger partial charge on any atom is 0.241 e. The summed E-state index contributed by atoms with van der Waals surface area (Å²) < 4.78 is 1.78. The summed E-state index contributed by atoms with van der Waals surface area (Å²) in [5.74, 6) is 1.82. The number of hydrogen-bond acceptors (Lipinski definition) is 6. The van der Waals surface area contributed by atoms with Crippen molar-refractivity contribution in [1.29, 1.82) is 0 Å². The van der Waals surface area contributed by atoms with Gasteiger partial charge in [0.05, 0.1) is 0 Å². The van der Waals surface area contributed by atoms with Gasteiger partial charge in [0.2, 0.25) is 17.8 Å². The minimum absolute atomic E-state index is 0.493. The lowest BCUT2D eigenvalue weighted by Gasteiger charge is -2.26. The van der Waals surface area contributed by atoms with Gasteiger partial charge in [-0.2, -0.15) is 15.0 Å². The SMILES string of the molecule is CCCNc1nc(NC2CCC2)nc(-n2ccnc2)n1. The van der Waals surface area contributed by atoms with Gasteiger partial charge in [-0.25, -0.2) is 4.98 Å². The van der Waals surface area contributed by atoms with Gasteiger partial charge in [-0.15, -0.1) is 0 Å². The Morgan fingerprint density at radius 2 is 2.10 bits per heavy atom. The predicted octanol–water partition coefficient (Wildman–Crippen LogP) is 1.84. The molecule has 0 radical (unpaired) electrons. The van der Waals surface area contributed by atoms with Crippen molar-refractivity contribution < 1.29 is 0 Å². The number of nitrogens with one attached hydrogen (secondary N) is 2. The molecule has 0 aliphatic heterocycles. The molecular formula is C13H19N7. The molecule has 0 aromatic carbocycles. The number of imidazole rings is 1. The van der Waals surface area contributed by atoms with Crippen LogP contribution in [0.3, 0.4) is 0 Å². The minimum Gasteiger partial charge on any atom is -0.354 e. The van der Waals surface area contributed by atoms with Crippen LogP contribution < -0.4 is 10.6 Å². The number of aromatic nitrogens is 5. The monoisotopic (exact) mass is 273 g/mol. The van der Waals surface area contributed by atoms with Gasteiger partial charge in [-0.3, -0.25) is 4.57 Å². The molecule has 2 aromatic rings. The summed E-state index contributed by atoms with van der Waals surface area (Å²) in [4.78, 5) is 17.3. The van der Waals surface area contributed by atoms with Crippen LogP contribution in [0.4, 0.5) is 11.9 Å². The number of anilines is 2. The Bertz CT molecular complexity index is 548. The van der Waals surface area contributed by atoms with Crippen LogP contribution in [0, 0.1) is 0 Å². The van der Waals surface area contributed by atoms with E-state index in [2.05, 4.69) is 37.5 Å². The highest BCUT2D eigenvalue weighted by Crippen LogP contribution is 2.22. The third-order valence-corrected chi connectivity index (χ3v) is 3.33. The minimum atomic E-state index is 0.493. The van der Waals surface area contributed by atoms with Gasteiger partial charge in [0.15, 0.2) is 0 Å². The van der Waals surface area contributed by atoms with Crippen LogP contribution in [0.1, 0.15) is 32.6 Å². The Morgan fingerprint density at radius 3 is 2.75 bits per heavy atom. The molecule has 20 heavy (non-hydrogen) atoms. The fourth-order valence-electron chi connectivity index (χ4n) is 1.97. The second kappa shape index (κ2) is 5.85. The first-order valence-corrected chi connectivity index (χ1v) is 7.10. The first-order valence-electron chi connectivity index (χ1n) is 7.10. The zero-order chi connectivity index (χ0) is 13.8. The fraction of sp³-hybridized carbons (Fsp3) is 0.538. The molecule has 1 saturated carbocycles. The van der Waals surface area contributed by atoms with Crippen LogP contribution in [0.25, 0.3) is 5.95 Å². The van der Waals surface area contributed by atoms with Crippen LogP contribution in [-0.4, -0.2) is 37.1 Å². The lowest BCUT2D eigenvalue weighted by molar-refractivity contribution is 0.443. The first kappa shape index (κ1) is 12.8. The van der Waals surface area contributed by atoms with Crippen molar-refractivity contribution in [2.24, 2.45) is 0 Å². The largest absolute Gasteiger partial charge is 0.354 e. The Kier molecular flexibility index (Phi) is 3.76. The summed E-state index contributed by atoms with van der Waals surface area (Å²) in [7, 11) is 0. The van der Waals surface area contributed by atoms with E-state index in [9.17, 15) is 0 Å². The molecule has 0 unspecified atom stereocenters. The van der Waals surface area contributed by atoms with E-state index in [1.165, 1.54) is 19.3 Å². The standard InChI is InChI=1S/C13H19N7/c1-2-6-15-11-17-12(16-10-4-3-5-10)19-13(18-11)20-8-7-14-9-20/h7-10H,2-6H2,1H3,(H2,15,16,17,18,19). The molecule has 0 spiro atoms. The number of nitrogens with zero attached hydrogens (tertiary/aromatic N) is 5. The van der Waals surface area contributed by atoms with Crippen molar-refractivity contribution in [3.05, 3.63) is 18.7 Å². The highest BCUT2D eigenvalue weighted by molar-refractivity contribution is 5.38. The lowest BCUT2D eigenvalue weighted by atomic mass is 9.93. The molecule has 0 bridgehead atoms. The van der Waals surface area contributed by atoms with Crippen LogP contribution >= 0.6 is 0 Å². The van der Waals surface area contributed by atoms with E-state index in [1.54, 1.807) is 17.1 Å². The molecule has 1 fully saturated rings. The Balaban J connectivity index is 1.85. The average Bonchev–Trinajstić information content (AvgIpc) is 2.94. The van der Waals surface area contributed by atoms with Crippen LogP contribution in [0.2, 0.25) is 0 Å². The van der Waals surface area contributed by atoms with Gasteiger partial charge >= 0.3 is 0 Å². The summed E-state index contributed by atoms with van der Waals surface area (Å²) in [6, 6.07) is 0.493. The molecular weight excluding hydrogens is 254 g/mol. The van der Waals surface area contributed by atoms with E-state index < -0.39 is 0 Å². The van der Waals surface area contributed by atoms with E-state index in [-0.39, 0.29) is 0 Å².